The van der Waals surface area contributed by atoms with E-state index in [9.17, 15) is 18.5 Å². The van der Waals surface area contributed by atoms with Gasteiger partial charge in [0.2, 0.25) is 5.15 Å². The number of nitrogens with zero attached hydrogens (tertiary/aromatic N) is 3. The Balaban J connectivity index is 3.07. The number of nitro groups is 1. The molecule has 9 heteroatoms. The molecular weight excluding hydrogens is 282 g/mol. The molecule has 0 radical (unpaired) electrons. The Morgan fingerprint density at radius 1 is 1.50 bits per heavy atom. The molecule has 7 nitrogen and oxygen atoms in total. The van der Waals surface area contributed by atoms with Crippen LogP contribution in [0.15, 0.2) is 0 Å². The van der Waals surface area contributed by atoms with E-state index in [1.165, 1.54) is 4.68 Å². The van der Waals surface area contributed by atoms with Gasteiger partial charge in [-0.2, -0.15) is 5.10 Å². The van der Waals surface area contributed by atoms with Crippen LogP contribution >= 0.6 is 11.6 Å². The second-order valence-corrected chi connectivity index (χ2v) is 6.56. The molecule has 102 valence electrons. The first-order valence-electron chi connectivity index (χ1n) is 5.33. The molecule has 0 spiro atoms. The lowest BCUT2D eigenvalue weighted by molar-refractivity contribution is -0.385. The molecule has 1 aromatic heterocycles. The molecule has 0 aliphatic carbocycles. The van der Waals surface area contributed by atoms with Crippen molar-refractivity contribution in [3.05, 3.63) is 21.0 Å². The Labute approximate surface area is 110 Å². The molecule has 0 bridgehead atoms. The van der Waals surface area contributed by atoms with Crippen molar-refractivity contribution in [2.45, 2.75) is 26.3 Å². The molecule has 1 heterocycles. The van der Waals surface area contributed by atoms with Crippen LogP contribution in [0.1, 0.15) is 19.0 Å². The summed E-state index contributed by atoms with van der Waals surface area (Å²) in [5.41, 5.74) is 0.0630. The van der Waals surface area contributed by atoms with Crippen LogP contribution in [0.25, 0.3) is 0 Å². The average Bonchev–Trinajstić information content (AvgIpc) is 2.52. The van der Waals surface area contributed by atoms with Gasteiger partial charge in [0.25, 0.3) is 0 Å². The molecule has 0 aliphatic heterocycles. The highest BCUT2D eigenvalue weighted by atomic mass is 35.5. The number of aromatic nitrogens is 2. The maximum absolute atomic E-state index is 11.0. The molecule has 0 N–H and O–H groups in total. The number of aryl methyl sites for hydroxylation is 2. The highest BCUT2D eigenvalue weighted by Crippen LogP contribution is 2.29. The molecule has 1 rings (SSSR count). The van der Waals surface area contributed by atoms with Gasteiger partial charge in [-0.3, -0.25) is 10.1 Å². The van der Waals surface area contributed by atoms with E-state index in [0.29, 0.717) is 18.5 Å². The third kappa shape index (κ3) is 3.67. The van der Waals surface area contributed by atoms with Crippen LogP contribution in [0.2, 0.25) is 5.15 Å². The SMILES string of the molecule is CCCc1nn(CCS(C)(=O)=O)c(Cl)c1[N+](=O)[O-]. The van der Waals surface area contributed by atoms with Crippen LogP contribution < -0.4 is 0 Å². The van der Waals surface area contributed by atoms with Crippen molar-refractivity contribution in [1.29, 1.82) is 0 Å². The van der Waals surface area contributed by atoms with Crippen LogP contribution in [0, 0.1) is 10.1 Å². The van der Waals surface area contributed by atoms with Gasteiger partial charge >= 0.3 is 5.69 Å². The fraction of sp³-hybridized carbons (Fsp3) is 0.667. The van der Waals surface area contributed by atoms with Crippen molar-refractivity contribution in [3.8, 4) is 0 Å². The normalized spacial score (nSPS) is 11.7. The molecule has 0 aliphatic rings. The minimum absolute atomic E-state index is 0.0161. The van der Waals surface area contributed by atoms with Crippen molar-refractivity contribution >= 4 is 27.1 Å². The Hall–Kier alpha value is -1.15. The van der Waals surface area contributed by atoms with Crippen LogP contribution in [-0.4, -0.2) is 35.1 Å². The van der Waals surface area contributed by atoms with Gasteiger partial charge in [-0.15, -0.1) is 0 Å². The standard InChI is InChI=1S/C9H14ClN3O4S/c1-3-4-7-8(13(14)15)9(10)12(11-7)5-6-18(2,16)17/h3-6H2,1-2H3. The second-order valence-electron chi connectivity index (χ2n) is 3.95. The Kier molecular flexibility index (Phi) is 4.69. The zero-order chi connectivity index (χ0) is 13.9. The Morgan fingerprint density at radius 3 is 2.56 bits per heavy atom. The van der Waals surface area contributed by atoms with E-state index >= 15 is 0 Å². The summed E-state index contributed by atoms with van der Waals surface area (Å²) in [6.07, 6.45) is 2.22. The summed E-state index contributed by atoms with van der Waals surface area (Å²) in [4.78, 5) is 10.3. The van der Waals surface area contributed by atoms with E-state index in [4.69, 9.17) is 11.6 Å². The number of hydrogen-bond donors (Lipinski definition) is 0. The number of hydrogen-bond acceptors (Lipinski definition) is 5. The molecule has 0 fully saturated rings. The molecule has 0 amide bonds. The quantitative estimate of drug-likeness (QED) is 0.584. The number of rotatable bonds is 6. The molecule has 18 heavy (non-hydrogen) atoms. The third-order valence-electron chi connectivity index (χ3n) is 2.28. The first-order chi connectivity index (χ1) is 8.26. The predicted molar refractivity (Wildman–Crippen MR) is 67.6 cm³/mol. The molecule has 0 atom stereocenters. The predicted octanol–water partition coefficient (Wildman–Crippen LogP) is 1.44. The van der Waals surface area contributed by atoms with E-state index in [-0.39, 0.29) is 23.1 Å². The van der Waals surface area contributed by atoms with Gasteiger partial charge in [0, 0.05) is 6.26 Å². The Bertz CT molecular complexity index is 552. The largest absolute Gasteiger partial charge is 0.329 e. The van der Waals surface area contributed by atoms with Crippen molar-refractivity contribution in [1.82, 2.24) is 9.78 Å². The second kappa shape index (κ2) is 5.66. The lowest BCUT2D eigenvalue weighted by atomic mass is 10.2. The summed E-state index contributed by atoms with van der Waals surface area (Å²) < 4.78 is 23.3. The van der Waals surface area contributed by atoms with Crippen LogP contribution in [-0.2, 0) is 22.8 Å². The van der Waals surface area contributed by atoms with Crippen LogP contribution in [0.3, 0.4) is 0 Å². The summed E-state index contributed by atoms with van der Waals surface area (Å²) in [5.74, 6) is -0.156. The van der Waals surface area contributed by atoms with Crippen LogP contribution in [0.5, 0.6) is 0 Å². The maximum Gasteiger partial charge on any atom is 0.329 e. The summed E-state index contributed by atoms with van der Waals surface area (Å²) in [6.45, 7) is 1.88. The minimum Gasteiger partial charge on any atom is -0.258 e. The van der Waals surface area contributed by atoms with E-state index in [0.717, 1.165) is 6.26 Å². The van der Waals surface area contributed by atoms with Crippen LogP contribution in [0.4, 0.5) is 5.69 Å². The van der Waals surface area contributed by atoms with Gasteiger partial charge in [-0.05, 0) is 6.42 Å². The van der Waals surface area contributed by atoms with Crippen molar-refractivity contribution < 1.29 is 13.3 Å². The summed E-state index contributed by atoms with van der Waals surface area (Å²) in [5, 5.41) is 14.8. The fourth-order valence-corrected chi connectivity index (χ4v) is 2.27. The summed E-state index contributed by atoms with van der Waals surface area (Å²) in [6, 6.07) is 0. The van der Waals surface area contributed by atoms with Gasteiger partial charge < -0.3 is 0 Å². The van der Waals surface area contributed by atoms with Gasteiger partial charge in [-0.1, -0.05) is 24.9 Å². The summed E-state index contributed by atoms with van der Waals surface area (Å²) in [7, 11) is -3.16. The highest BCUT2D eigenvalue weighted by molar-refractivity contribution is 7.90. The van der Waals surface area contributed by atoms with Crippen molar-refractivity contribution in [3.63, 3.8) is 0 Å². The number of halogens is 1. The van der Waals surface area contributed by atoms with Gasteiger partial charge in [-0.25, -0.2) is 13.1 Å². The molecular formula is C9H14ClN3O4S. The summed E-state index contributed by atoms with van der Waals surface area (Å²) >= 11 is 5.85. The van der Waals surface area contributed by atoms with Crippen molar-refractivity contribution in [2.75, 3.05) is 12.0 Å². The van der Waals surface area contributed by atoms with Gasteiger partial charge in [0.15, 0.2) is 0 Å². The zero-order valence-electron chi connectivity index (χ0n) is 10.1. The minimum atomic E-state index is -3.16. The van der Waals surface area contributed by atoms with Gasteiger partial charge in [0.1, 0.15) is 15.5 Å². The zero-order valence-corrected chi connectivity index (χ0v) is 11.7. The molecule has 0 aromatic carbocycles. The van der Waals surface area contributed by atoms with E-state index in [2.05, 4.69) is 5.10 Å². The topological polar surface area (TPSA) is 95.1 Å². The Morgan fingerprint density at radius 2 is 2.11 bits per heavy atom. The van der Waals surface area contributed by atoms with E-state index in [1.54, 1.807) is 0 Å². The van der Waals surface area contributed by atoms with E-state index in [1.807, 2.05) is 6.92 Å². The first kappa shape index (κ1) is 14.9. The third-order valence-corrected chi connectivity index (χ3v) is 3.58. The smallest absolute Gasteiger partial charge is 0.258 e. The maximum atomic E-state index is 11.0. The first-order valence-corrected chi connectivity index (χ1v) is 7.77. The lowest BCUT2D eigenvalue weighted by Crippen LogP contribution is -2.12. The van der Waals surface area contributed by atoms with E-state index < -0.39 is 14.8 Å². The molecule has 0 unspecified atom stereocenters. The van der Waals surface area contributed by atoms with Crippen molar-refractivity contribution in [2.24, 2.45) is 0 Å². The highest BCUT2D eigenvalue weighted by Gasteiger charge is 2.26. The average molecular weight is 296 g/mol. The fourth-order valence-electron chi connectivity index (χ4n) is 1.46. The molecule has 0 saturated carbocycles. The lowest BCUT2D eigenvalue weighted by Gasteiger charge is -2.00. The molecule has 1 aromatic rings. The number of sulfone groups is 1. The monoisotopic (exact) mass is 295 g/mol. The van der Waals surface area contributed by atoms with Gasteiger partial charge in [0.05, 0.1) is 17.2 Å². The molecule has 0 saturated heterocycles.